The van der Waals surface area contributed by atoms with Gasteiger partial charge in [0.2, 0.25) is 0 Å². The second-order valence-corrected chi connectivity index (χ2v) is 8.19. The summed E-state index contributed by atoms with van der Waals surface area (Å²) in [6.07, 6.45) is 1.05. The Morgan fingerprint density at radius 3 is 2.84 bits per heavy atom. The number of ether oxygens (including phenoxy) is 1. The van der Waals surface area contributed by atoms with E-state index >= 15 is 0 Å². The van der Waals surface area contributed by atoms with Crippen molar-refractivity contribution in [1.82, 2.24) is 15.7 Å². The third-order valence-electron chi connectivity index (χ3n) is 4.62. The summed E-state index contributed by atoms with van der Waals surface area (Å²) >= 11 is 5.60. The zero-order valence-corrected chi connectivity index (χ0v) is 18.7. The molecule has 0 aliphatic carbocycles. The van der Waals surface area contributed by atoms with E-state index in [1.165, 1.54) is 12.1 Å². The van der Waals surface area contributed by atoms with Crippen molar-refractivity contribution >= 4 is 23.4 Å². The molecular formula is C21H29ClFN3O5. The highest BCUT2D eigenvalue weighted by molar-refractivity contribution is 6.30. The summed E-state index contributed by atoms with van der Waals surface area (Å²) in [4.78, 5) is 34.6. The standard InChI is InChI=1S/C21H29ClFN3O5/c1-13(2)9-15-10-19(30-31-26(15)4)21(28)24-8-7-14(3)25-20(27)12-29-16-5-6-17(22)18(23)11-16/h5-6,11,13,15,19H,3,7-10,12H2,1-2,4H3,(H,24,28)(H,25,27). The quantitative estimate of drug-likeness (QED) is 0.525. The number of hydrogen-bond acceptors (Lipinski definition) is 6. The highest BCUT2D eigenvalue weighted by atomic mass is 35.5. The molecule has 0 bridgehead atoms. The lowest BCUT2D eigenvalue weighted by Gasteiger charge is -2.35. The van der Waals surface area contributed by atoms with Gasteiger partial charge >= 0.3 is 0 Å². The van der Waals surface area contributed by atoms with E-state index in [0.717, 1.165) is 12.5 Å². The van der Waals surface area contributed by atoms with E-state index in [1.54, 1.807) is 12.1 Å². The van der Waals surface area contributed by atoms with Crippen LogP contribution in [0.2, 0.25) is 5.02 Å². The van der Waals surface area contributed by atoms with Crippen LogP contribution in [0.25, 0.3) is 0 Å². The Kier molecular flexibility index (Phi) is 9.70. The molecule has 1 aromatic rings. The Labute approximate surface area is 186 Å². The lowest BCUT2D eigenvalue weighted by molar-refractivity contribution is -0.466. The summed E-state index contributed by atoms with van der Waals surface area (Å²) in [5.41, 5.74) is 0.411. The van der Waals surface area contributed by atoms with Gasteiger partial charge in [-0.25, -0.2) is 9.28 Å². The number of amides is 2. The van der Waals surface area contributed by atoms with Gasteiger partial charge in [-0.3, -0.25) is 9.59 Å². The van der Waals surface area contributed by atoms with E-state index in [4.69, 9.17) is 26.2 Å². The van der Waals surface area contributed by atoms with E-state index in [2.05, 4.69) is 31.1 Å². The van der Waals surface area contributed by atoms with Crippen molar-refractivity contribution in [1.29, 1.82) is 0 Å². The van der Waals surface area contributed by atoms with Crippen molar-refractivity contribution in [2.24, 2.45) is 5.92 Å². The number of nitrogens with one attached hydrogen (secondary N) is 2. The molecule has 1 aromatic carbocycles. The van der Waals surface area contributed by atoms with Crippen LogP contribution in [-0.2, 0) is 19.5 Å². The van der Waals surface area contributed by atoms with E-state index in [1.807, 2.05) is 0 Å². The first kappa shape index (κ1) is 25.1. The summed E-state index contributed by atoms with van der Waals surface area (Å²) in [7, 11) is 1.78. The third-order valence-corrected chi connectivity index (χ3v) is 4.92. The van der Waals surface area contributed by atoms with Gasteiger partial charge in [-0.15, -0.1) is 4.99 Å². The molecule has 8 nitrogen and oxygen atoms in total. The fraction of sp³-hybridized carbons (Fsp3) is 0.524. The van der Waals surface area contributed by atoms with Gasteiger partial charge in [0.1, 0.15) is 11.6 Å². The molecule has 2 atom stereocenters. The van der Waals surface area contributed by atoms with E-state index in [0.29, 0.717) is 24.5 Å². The average molecular weight is 458 g/mol. The van der Waals surface area contributed by atoms with Crippen LogP contribution < -0.4 is 15.4 Å². The number of benzene rings is 1. The molecule has 0 aromatic heterocycles. The molecule has 1 saturated heterocycles. The Morgan fingerprint density at radius 1 is 1.42 bits per heavy atom. The SMILES string of the molecule is C=C(CCNC(=O)C1CC(CC(C)C)N(C)OO1)NC(=O)COc1ccc(Cl)c(F)c1. The predicted molar refractivity (Wildman–Crippen MR) is 113 cm³/mol. The van der Waals surface area contributed by atoms with Crippen molar-refractivity contribution in [2.75, 3.05) is 20.2 Å². The number of carbonyl (C=O) groups excluding carboxylic acids is 2. The summed E-state index contributed by atoms with van der Waals surface area (Å²) < 4.78 is 18.6. The van der Waals surface area contributed by atoms with Crippen LogP contribution in [0, 0.1) is 11.7 Å². The molecule has 172 valence electrons. The molecule has 1 aliphatic rings. The van der Waals surface area contributed by atoms with Crippen molar-refractivity contribution < 1.29 is 28.6 Å². The summed E-state index contributed by atoms with van der Waals surface area (Å²) in [6.45, 7) is 7.93. The van der Waals surface area contributed by atoms with Crippen molar-refractivity contribution in [2.45, 2.75) is 45.3 Å². The second-order valence-electron chi connectivity index (χ2n) is 7.78. The molecule has 0 saturated carbocycles. The van der Waals surface area contributed by atoms with Gasteiger partial charge in [0.05, 0.1) is 5.02 Å². The van der Waals surface area contributed by atoms with Gasteiger partial charge in [0.15, 0.2) is 12.7 Å². The molecule has 1 aliphatic heterocycles. The van der Waals surface area contributed by atoms with Gasteiger partial charge < -0.3 is 15.4 Å². The van der Waals surface area contributed by atoms with E-state index in [-0.39, 0.29) is 35.9 Å². The largest absolute Gasteiger partial charge is 0.484 e. The molecule has 1 heterocycles. The smallest absolute Gasteiger partial charge is 0.262 e. The van der Waals surface area contributed by atoms with Crippen molar-refractivity contribution in [3.8, 4) is 5.75 Å². The maximum Gasteiger partial charge on any atom is 0.262 e. The highest BCUT2D eigenvalue weighted by Crippen LogP contribution is 2.22. The first-order valence-corrected chi connectivity index (χ1v) is 10.4. The van der Waals surface area contributed by atoms with Crippen molar-refractivity contribution in [3.05, 3.63) is 41.3 Å². The van der Waals surface area contributed by atoms with Crippen molar-refractivity contribution in [3.63, 3.8) is 0 Å². The summed E-state index contributed by atoms with van der Waals surface area (Å²) in [6, 6.07) is 3.99. The van der Waals surface area contributed by atoms with Gasteiger partial charge in [-0.1, -0.05) is 32.0 Å². The summed E-state index contributed by atoms with van der Waals surface area (Å²) in [5, 5.41) is 6.93. The van der Waals surface area contributed by atoms with E-state index in [9.17, 15) is 14.0 Å². The minimum atomic E-state index is -0.698. The lowest BCUT2D eigenvalue weighted by Crippen LogP contribution is -2.48. The molecule has 10 heteroatoms. The molecule has 31 heavy (non-hydrogen) atoms. The third kappa shape index (κ3) is 8.45. The molecule has 0 spiro atoms. The van der Waals surface area contributed by atoms with Crippen LogP contribution in [0.5, 0.6) is 5.75 Å². The average Bonchev–Trinajstić information content (AvgIpc) is 2.70. The molecule has 2 amide bonds. The second kappa shape index (κ2) is 12.0. The maximum absolute atomic E-state index is 13.4. The number of hydrogen-bond donors (Lipinski definition) is 2. The summed E-state index contributed by atoms with van der Waals surface area (Å²) in [5.74, 6) is -0.711. The lowest BCUT2D eigenvalue weighted by atomic mass is 9.98. The number of rotatable bonds is 10. The number of hydroxylamine groups is 2. The Balaban J connectivity index is 1.67. The van der Waals surface area contributed by atoms with E-state index < -0.39 is 17.8 Å². The minimum Gasteiger partial charge on any atom is -0.484 e. The number of halogens is 2. The van der Waals surface area contributed by atoms with Gasteiger partial charge in [0, 0.05) is 44.2 Å². The van der Waals surface area contributed by atoms with Crippen LogP contribution >= 0.6 is 11.6 Å². The van der Waals surface area contributed by atoms with Gasteiger partial charge in [0.25, 0.3) is 11.8 Å². The fourth-order valence-corrected chi connectivity index (χ4v) is 3.13. The first-order chi connectivity index (χ1) is 14.7. The molecule has 2 N–H and O–H groups in total. The minimum absolute atomic E-state index is 0.0279. The highest BCUT2D eigenvalue weighted by Gasteiger charge is 2.33. The maximum atomic E-state index is 13.4. The van der Waals surface area contributed by atoms with Crippen LogP contribution in [0.4, 0.5) is 4.39 Å². The molecule has 0 radical (unpaired) electrons. The topological polar surface area (TPSA) is 89.1 Å². The zero-order valence-electron chi connectivity index (χ0n) is 18.0. The fourth-order valence-electron chi connectivity index (χ4n) is 3.02. The normalized spacial score (nSPS) is 19.2. The predicted octanol–water partition coefficient (Wildman–Crippen LogP) is 2.98. The van der Waals surface area contributed by atoms with Crippen LogP contribution in [0.3, 0.4) is 0 Å². The Hall–Kier alpha value is -2.20. The molecular weight excluding hydrogens is 429 g/mol. The zero-order chi connectivity index (χ0) is 23.0. The monoisotopic (exact) mass is 457 g/mol. The molecule has 2 unspecified atom stereocenters. The van der Waals surface area contributed by atoms with Gasteiger partial charge in [-0.05, 0) is 24.5 Å². The van der Waals surface area contributed by atoms with Crippen LogP contribution in [-0.4, -0.2) is 49.2 Å². The van der Waals surface area contributed by atoms with Gasteiger partial charge in [-0.2, -0.15) is 5.06 Å². The molecule has 2 rings (SSSR count). The van der Waals surface area contributed by atoms with Crippen LogP contribution in [0.1, 0.15) is 33.1 Å². The first-order valence-electron chi connectivity index (χ1n) is 10.0. The Morgan fingerprint density at radius 2 is 2.16 bits per heavy atom. The van der Waals surface area contributed by atoms with Crippen LogP contribution in [0.15, 0.2) is 30.5 Å². The number of nitrogens with zero attached hydrogens (tertiary/aromatic N) is 1. The number of carbonyl (C=O) groups is 2. The Bertz CT molecular complexity index is 792. The molecule has 1 fully saturated rings.